The molecule has 2 aliphatic rings. The summed E-state index contributed by atoms with van der Waals surface area (Å²) in [6.45, 7) is 0.546. The van der Waals surface area contributed by atoms with Crippen molar-refractivity contribution in [1.82, 2.24) is 5.43 Å². The molecule has 0 saturated heterocycles. The third kappa shape index (κ3) is 1.92. The van der Waals surface area contributed by atoms with E-state index in [1.807, 2.05) is 24.3 Å². The fraction of sp³-hybridized carbons (Fsp3) is 0.188. The Morgan fingerprint density at radius 3 is 2.73 bits per heavy atom. The Labute approximate surface area is 126 Å². The lowest BCUT2D eigenvalue weighted by Crippen LogP contribution is -2.31. The van der Waals surface area contributed by atoms with Crippen molar-refractivity contribution < 1.29 is 9.66 Å². The van der Waals surface area contributed by atoms with Crippen molar-refractivity contribution >= 4 is 11.4 Å². The lowest BCUT2D eigenvalue weighted by atomic mass is 9.86. The highest BCUT2D eigenvalue weighted by Crippen LogP contribution is 2.37. The first-order chi connectivity index (χ1) is 10.7. The highest BCUT2D eigenvalue weighted by atomic mass is 16.6. The zero-order valence-corrected chi connectivity index (χ0v) is 11.6. The molecular weight excluding hydrogens is 282 g/mol. The monoisotopic (exact) mass is 295 g/mol. The molecule has 0 aliphatic carbocycles. The fourth-order valence-corrected chi connectivity index (χ4v) is 3.00. The van der Waals surface area contributed by atoms with Gasteiger partial charge in [0.15, 0.2) is 0 Å². The van der Waals surface area contributed by atoms with E-state index in [0.29, 0.717) is 6.61 Å². The Hall–Kier alpha value is -2.89. The Morgan fingerprint density at radius 1 is 1.18 bits per heavy atom. The van der Waals surface area contributed by atoms with Gasteiger partial charge in [-0.2, -0.15) is 5.10 Å². The minimum atomic E-state index is -0.395. The first-order valence-corrected chi connectivity index (χ1v) is 7.04. The van der Waals surface area contributed by atoms with E-state index in [1.165, 1.54) is 12.1 Å². The van der Waals surface area contributed by atoms with E-state index in [9.17, 15) is 10.1 Å². The summed E-state index contributed by atoms with van der Waals surface area (Å²) in [6.07, 6.45) is 0. The number of nitro groups is 1. The summed E-state index contributed by atoms with van der Waals surface area (Å²) >= 11 is 0. The first kappa shape index (κ1) is 12.8. The number of hydrogen-bond donors (Lipinski definition) is 1. The normalized spacial score (nSPS) is 21.9. The average molecular weight is 295 g/mol. The van der Waals surface area contributed by atoms with Crippen LogP contribution in [0.4, 0.5) is 5.69 Å². The smallest absolute Gasteiger partial charge is 0.269 e. The Morgan fingerprint density at radius 2 is 1.95 bits per heavy atom. The van der Waals surface area contributed by atoms with Crippen LogP contribution in [-0.4, -0.2) is 17.2 Å². The van der Waals surface area contributed by atoms with Crippen LogP contribution in [0.2, 0.25) is 0 Å². The van der Waals surface area contributed by atoms with Crippen molar-refractivity contribution in [3.05, 3.63) is 69.8 Å². The van der Waals surface area contributed by atoms with Gasteiger partial charge in [-0.1, -0.05) is 24.3 Å². The Kier molecular flexibility index (Phi) is 2.82. The number of ether oxygens (including phenoxy) is 1. The van der Waals surface area contributed by atoms with E-state index in [4.69, 9.17) is 4.74 Å². The second kappa shape index (κ2) is 4.84. The minimum Gasteiger partial charge on any atom is -0.492 e. The number of rotatable bonds is 2. The molecule has 2 aromatic rings. The maximum atomic E-state index is 10.7. The van der Waals surface area contributed by atoms with Crippen LogP contribution in [0.25, 0.3) is 0 Å². The minimum absolute atomic E-state index is 0.0239. The van der Waals surface area contributed by atoms with E-state index in [1.54, 1.807) is 12.1 Å². The summed E-state index contributed by atoms with van der Waals surface area (Å²) < 4.78 is 5.82. The maximum absolute atomic E-state index is 10.7. The summed E-state index contributed by atoms with van der Waals surface area (Å²) in [6, 6.07) is 14.4. The third-order valence-electron chi connectivity index (χ3n) is 4.12. The van der Waals surface area contributed by atoms with Crippen molar-refractivity contribution in [2.24, 2.45) is 11.0 Å². The van der Waals surface area contributed by atoms with Crippen molar-refractivity contribution in [3.8, 4) is 5.75 Å². The van der Waals surface area contributed by atoms with Crippen molar-refractivity contribution in [2.45, 2.75) is 6.04 Å². The highest BCUT2D eigenvalue weighted by molar-refractivity contribution is 6.06. The van der Waals surface area contributed by atoms with Gasteiger partial charge in [-0.3, -0.25) is 10.1 Å². The van der Waals surface area contributed by atoms with Gasteiger partial charge in [-0.15, -0.1) is 0 Å². The summed E-state index contributed by atoms with van der Waals surface area (Å²) in [5.74, 6) is 0.958. The van der Waals surface area contributed by atoms with E-state index in [0.717, 1.165) is 22.6 Å². The van der Waals surface area contributed by atoms with Gasteiger partial charge in [-0.25, -0.2) is 0 Å². The quantitative estimate of drug-likeness (QED) is 0.682. The molecule has 0 radical (unpaired) electrons. The van der Waals surface area contributed by atoms with Gasteiger partial charge in [-0.05, 0) is 17.7 Å². The molecule has 0 bridgehead atoms. The molecule has 0 saturated carbocycles. The maximum Gasteiger partial charge on any atom is 0.269 e. The van der Waals surface area contributed by atoms with Crippen molar-refractivity contribution in [2.75, 3.05) is 6.61 Å². The lowest BCUT2D eigenvalue weighted by Gasteiger charge is -2.26. The van der Waals surface area contributed by atoms with Crippen LogP contribution in [0, 0.1) is 16.0 Å². The molecular formula is C16H13N3O3. The molecule has 0 fully saturated rings. The Balaban J connectivity index is 1.64. The van der Waals surface area contributed by atoms with Gasteiger partial charge in [0.2, 0.25) is 0 Å². The topological polar surface area (TPSA) is 76.8 Å². The predicted octanol–water partition coefficient (Wildman–Crippen LogP) is 2.65. The van der Waals surface area contributed by atoms with E-state index in [2.05, 4.69) is 10.5 Å². The van der Waals surface area contributed by atoms with Crippen LogP contribution >= 0.6 is 0 Å². The van der Waals surface area contributed by atoms with Crippen molar-refractivity contribution in [3.63, 3.8) is 0 Å². The van der Waals surface area contributed by atoms with Crippen LogP contribution in [0.3, 0.4) is 0 Å². The van der Waals surface area contributed by atoms with Gasteiger partial charge in [0.25, 0.3) is 5.69 Å². The molecule has 4 rings (SSSR count). The summed E-state index contributed by atoms with van der Waals surface area (Å²) in [5.41, 5.74) is 6.20. The van der Waals surface area contributed by atoms with Crippen LogP contribution in [0.15, 0.2) is 53.6 Å². The molecule has 6 heteroatoms. The summed E-state index contributed by atoms with van der Waals surface area (Å²) in [7, 11) is 0. The summed E-state index contributed by atoms with van der Waals surface area (Å²) in [4.78, 5) is 10.4. The standard InChI is InChI=1S/C16H13N3O3/c20-19(21)11-7-5-10(6-8-11)15-13-9-22-14-4-2-1-3-12(14)16(13)18-17-15/h1-8,13,15,17H,9H2. The number of non-ortho nitro benzene ring substituents is 1. The summed E-state index contributed by atoms with van der Waals surface area (Å²) in [5, 5.41) is 15.2. The van der Waals surface area contributed by atoms with Crippen molar-refractivity contribution in [1.29, 1.82) is 0 Å². The van der Waals surface area contributed by atoms with E-state index in [-0.39, 0.29) is 17.6 Å². The molecule has 2 heterocycles. The molecule has 2 unspecified atom stereocenters. The zero-order valence-electron chi connectivity index (χ0n) is 11.6. The van der Waals surface area contributed by atoms with E-state index >= 15 is 0 Å². The molecule has 2 aromatic carbocycles. The Bertz CT molecular complexity index is 770. The largest absolute Gasteiger partial charge is 0.492 e. The molecule has 2 atom stereocenters. The molecule has 6 nitrogen and oxygen atoms in total. The number of hydrazone groups is 1. The van der Waals surface area contributed by atoms with Crippen LogP contribution in [0.5, 0.6) is 5.75 Å². The second-order valence-corrected chi connectivity index (χ2v) is 5.37. The predicted molar refractivity (Wildman–Crippen MR) is 80.9 cm³/mol. The average Bonchev–Trinajstić information content (AvgIpc) is 2.99. The highest BCUT2D eigenvalue weighted by Gasteiger charge is 2.38. The van der Waals surface area contributed by atoms with Gasteiger partial charge in [0.05, 0.1) is 29.2 Å². The molecule has 1 N–H and O–H groups in total. The van der Waals surface area contributed by atoms with Gasteiger partial charge in [0.1, 0.15) is 5.75 Å². The molecule has 22 heavy (non-hydrogen) atoms. The zero-order chi connectivity index (χ0) is 15.1. The molecule has 110 valence electrons. The number of hydrogen-bond acceptors (Lipinski definition) is 5. The number of fused-ring (bicyclic) bond motifs is 3. The SMILES string of the molecule is O=[N+]([O-])c1ccc(C2NN=C3c4ccccc4OCC32)cc1. The van der Waals surface area contributed by atoms with Gasteiger partial charge in [0, 0.05) is 17.7 Å². The van der Waals surface area contributed by atoms with Crippen LogP contribution in [-0.2, 0) is 0 Å². The molecule has 0 amide bonds. The third-order valence-corrected chi connectivity index (χ3v) is 4.12. The number of para-hydroxylation sites is 1. The van der Waals surface area contributed by atoms with Crippen LogP contribution in [0.1, 0.15) is 17.2 Å². The fourth-order valence-electron chi connectivity index (χ4n) is 3.00. The first-order valence-electron chi connectivity index (χ1n) is 7.04. The number of nitrogens with zero attached hydrogens (tertiary/aromatic N) is 2. The van der Waals surface area contributed by atoms with Crippen LogP contribution < -0.4 is 10.2 Å². The van der Waals surface area contributed by atoms with Gasteiger partial charge >= 0.3 is 0 Å². The number of nitrogens with one attached hydrogen (secondary N) is 1. The molecule has 0 aromatic heterocycles. The second-order valence-electron chi connectivity index (χ2n) is 5.37. The lowest BCUT2D eigenvalue weighted by molar-refractivity contribution is -0.384. The molecule has 0 spiro atoms. The van der Waals surface area contributed by atoms with Gasteiger partial charge < -0.3 is 10.2 Å². The molecule has 2 aliphatic heterocycles. The number of benzene rings is 2. The van der Waals surface area contributed by atoms with E-state index < -0.39 is 4.92 Å². The number of nitro benzene ring substituents is 1.